The minimum atomic E-state index is 0.332. The van der Waals surface area contributed by atoms with Crippen molar-refractivity contribution in [1.29, 1.82) is 0 Å². The Hall–Kier alpha value is -1.08. The molecule has 2 rings (SSSR count). The van der Waals surface area contributed by atoms with E-state index in [0.29, 0.717) is 6.10 Å². The molecule has 0 saturated carbocycles. The average Bonchev–Trinajstić information content (AvgIpc) is 2.71. The molecule has 1 atom stereocenters. The van der Waals surface area contributed by atoms with Crippen LogP contribution in [0.15, 0.2) is 30.8 Å². The van der Waals surface area contributed by atoms with Crippen LogP contribution in [0.3, 0.4) is 0 Å². The van der Waals surface area contributed by atoms with Gasteiger partial charge in [-0.25, -0.2) is 0 Å². The summed E-state index contributed by atoms with van der Waals surface area (Å²) >= 11 is 0. The van der Waals surface area contributed by atoms with E-state index in [-0.39, 0.29) is 0 Å². The molecule has 0 radical (unpaired) electrons. The Bertz CT molecular complexity index is 280. The van der Waals surface area contributed by atoms with Crippen molar-refractivity contribution in [2.45, 2.75) is 18.9 Å². The Morgan fingerprint density at radius 3 is 2.62 bits per heavy atom. The summed E-state index contributed by atoms with van der Waals surface area (Å²) in [5, 5.41) is 0. The molecule has 13 heavy (non-hydrogen) atoms. The summed E-state index contributed by atoms with van der Waals surface area (Å²) in [5.41, 5.74) is 2.46. The van der Waals surface area contributed by atoms with Gasteiger partial charge in [0.15, 0.2) is 0 Å². The van der Waals surface area contributed by atoms with E-state index in [1.165, 1.54) is 17.5 Å². The van der Waals surface area contributed by atoms with Crippen LogP contribution in [-0.2, 0) is 4.74 Å². The Balaban J connectivity index is 2.16. The zero-order chi connectivity index (χ0) is 9.10. The van der Waals surface area contributed by atoms with E-state index in [4.69, 9.17) is 4.74 Å². The van der Waals surface area contributed by atoms with Gasteiger partial charge in [0.05, 0.1) is 6.10 Å². The largest absolute Gasteiger partial charge is 0.374 e. The molecule has 1 aliphatic heterocycles. The van der Waals surface area contributed by atoms with Crippen LogP contribution in [0.25, 0.3) is 6.08 Å². The van der Waals surface area contributed by atoms with Gasteiger partial charge in [0.1, 0.15) is 0 Å². The minimum absolute atomic E-state index is 0.332. The Morgan fingerprint density at radius 2 is 2.08 bits per heavy atom. The predicted molar refractivity (Wildman–Crippen MR) is 54.5 cm³/mol. The van der Waals surface area contributed by atoms with E-state index in [1.807, 2.05) is 6.08 Å². The van der Waals surface area contributed by atoms with Gasteiger partial charge in [0.2, 0.25) is 0 Å². The maximum Gasteiger partial charge on any atom is 0.0825 e. The van der Waals surface area contributed by atoms with Gasteiger partial charge in [-0.3, -0.25) is 0 Å². The van der Waals surface area contributed by atoms with Crippen LogP contribution in [-0.4, -0.2) is 6.61 Å². The second kappa shape index (κ2) is 3.75. The van der Waals surface area contributed by atoms with Gasteiger partial charge in [0.25, 0.3) is 0 Å². The third kappa shape index (κ3) is 1.81. The fourth-order valence-corrected chi connectivity index (χ4v) is 1.69. The first-order chi connectivity index (χ1) is 6.40. The van der Waals surface area contributed by atoms with E-state index in [2.05, 4.69) is 30.8 Å². The van der Waals surface area contributed by atoms with Crippen LogP contribution in [0, 0.1) is 0 Å². The molecule has 1 unspecified atom stereocenters. The Labute approximate surface area is 79.0 Å². The molecule has 1 aromatic carbocycles. The Kier molecular flexibility index (Phi) is 2.46. The molecule has 1 fully saturated rings. The molecule has 1 saturated heterocycles. The Morgan fingerprint density at radius 1 is 1.31 bits per heavy atom. The molecule has 0 aromatic heterocycles. The fourth-order valence-electron chi connectivity index (χ4n) is 1.69. The maximum absolute atomic E-state index is 5.59. The van der Waals surface area contributed by atoms with Crippen molar-refractivity contribution in [3.8, 4) is 0 Å². The first-order valence-corrected chi connectivity index (χ1v) is 4.74. The fraction of sp³-hybridized carbons (Fsp3) is 0.333. The van der Waals surface area contributed by atoms with E-state index >= 15 is 0 Å². The van der Waals surface area contributed by atoms with Gasteiger partial charge in [0, 0.05) is 6.61 Å². The van der Waals surface area contributed by atoms with Crippen LogP contribution >= 0.6 is 0 Å². The van der Waals surface area contributed by atoms with Crippen molar-refractivity contribution in [3.63, 3.8) is 0 Å². The SMILES string of the molecule is C=Cc1ccc(C2CCCO2)cc1. The molecule has 0 N–H and O–H groups in total. The van der Waals surface area contributed by atoms with E-state index in [0.717, 1.165) is 13.0 Å². The standard InChI is InChI=1S/C12H14O/c1-2-10-5-7-11(8-6-10)12-4-3-9-13-12/h2,5-8,12H,1,3-4,9H2. The molecule has 1 nitrogen and oxygen atoms in total. The van der Waals surface area contributed by atoms with Crippen LogP contribution in [0.2, 0.25) is 0 Å². The summed E-state index contributed by atoms with van der Waals surface area (Å²) in [6.07, 6.45) is 4.54. The highest BCUT2D eigenvalue weighted by Crippen LogP contribution is 2.28. The third-order valence-corrected chi connectivity index (χ3v) is 2.47. The summed E-state index contributed by atoms with van der Waals surface area (Å²) in [6, 6.07) is 8.44. The lowest BCUT2D eigenvalue weighted by Crippen LogP contribution is -1.94. The van der Waals surface area contributed by atoms with Gasteiger partial charge in [-0.2, -0.15) is 0 Å². The lowest BCUT2D eigenvalue weighted by Gasteiger charge is -2.09. The number of ether oxygens (including phenoxy) is 1. The topological polar surface area (TPSA) is 9.23 Å². The van der Waals surface area contributed by atoms with Crippen molar-refractivity contribution in [2.24, 2.45) is 0 Å². The normalized spacial score (nSPS) is 21.7. The minimum Gasteiger partial charge on any atom is -0.374 e. The second-order valence-electron chi connectivity index (χ2n) is 3.37. The highest BCUT2D eigenvalue weighted by Gasteiger charge is 2.16. The maximum atomic E-state index is 5.59. The molecular formula is C12H14O. The molecule has 1 aromatic rings. The first-order valence-electron chi connectivity index (χ1n) is 4.74. The van der Waals surface area contributed by atoms with Gasteiger partial charge in [-0.15, -0.1) is 0 Å². The molecular weight excluding hydrogens is 160 g/mol. The quantitative estimate of drug-likeness (QED) is 0.669. The summed E-state index contributed by atoms with van der Waals surface area (Å²) in [6.45, 7) is 4.64. The number of benzene rings is 1. The molecule has 0 spiro atoms. The van der Waals surface area contributed by atoms with Crippen molar-refractivity contribution in [1.82, 2.24) is 0 Å². The lowest BCUT2D eigenvalue weighted by atomic mass is 10.0. The summed E-state index contributed by atoms with van der Waals surface area (Å²) in [7, 11) is 0. The van der Waals surface area contributed by atoms with Crippen molar-refractivity contribution in [2.75, 3.05) is 6.61 Å². The monoisotopic (exact) mass is 174 g/mol. The third-order valence-electron chi connectivity index (χ3n) is 2.47. The van der Waals surface area contributed by atoms with Crippen LogP contribution < -0.4 is 0 Å². The zero-order valence-corrected chi connectivity index (χ0v) is 7.70. The lowest BCUT2D eigenvalue weighted by molar-refractivity contribution is 0.112. The molecule has 0 bridgehead atoms. The van der Waals surface area contributed by atoms with Crippen molar-refractivity contribution < 1.29 is 4.74 Å². The van der Waals surface area contributed by atoms with Gasteiger partial charge >= 0.3 is 0 Å². The molecule has 0 amide bonds. The van der Waals surface area contributed by atoms with Crippen LogP contribution in [0.5, 0.6) is 0 Å². The summed E-state index contributed by atoms with van der Waals surface area (Å²) < 4.78 is 5.59. The van der Waals surface area contributed by atoms with E-state index in [9.17, 15) is 0 Å². The molecule has 0 aliphatic carbocycles. The van der Waals surface area contributed by atoms with Gasteiger partial charge < -0.3 is 4.74 Å². The number of hydrogen-bond acceptors (Lipinski definition) is 1. The van der Waals surface area contributed by atoms with Crippen LogP contribution in [0.1, 0.15) is 30.1 Å². The smallest absolute Gasteiger partial charge is 0.0825 e. The van der Waals surface area contributed by atoms with Gasteiger partial charge in [-0.1, -0.05) is 36.9 Å². The molecule has 1 heterocycles. The van der Waals surface area contributed by atoms with Crippen molar-refractivity contribution >= 4 is 6.08 Å². The first kappa shape index (κ1) is 8.52. The number of rotatable bonds is 2. The van der Waals surface area contributed by atoms with Crippen LogP contribution in [0.4, 0.5) is 0 Å². The summed E-state index contributed by atoms with van der Waals surface area (Å²) in [4.78, 5) is 0. The number of hydrogen-bond donors (Lipinski definition) is 0. The zero-order valence-electron chi connectivity index (χ0n) is 7.70. The average molecular weight is 174 g/mol. The summed E-state index contributed by atoms with van der Waals surface area (Å²) in [5.74, 6) is 0. The van der Waals surface area contributed by atoms with Gasteiger partial charge in [-0.05, 0) is 24.0 Å². The van der Waals surface area contributed by atoms with E-state index in [1.54, 1.807) is 0 Å². The molecule has 1 aliphatic rings. The van der Waals surface area contributed by atoms with Crippen molar-refractivity contribution in [3.05, 3.63) is 42.0 Å². The predicted octanol–water partition coefficient (Wildman–Crippen LogP) is 3.18. The molecule has 68 valence electrons. The highest BCUT2D eigenvalue weighted by atomic mass is 16.5. The van der Waals surface area contributed by atoms with E-state index < -0.39 is 0 Å². The second-order valence-corrected chi connectivity index (χ2v) is 3.37. The molecule has 1 heteroatoms. The highest BCUT2D eigenvalue weighted by molar-refractivity contribution is 5.47.